The van der Waals surface area contributed by atoms with Crippen molar-refractivity contribution in [2.24, 2.45) is 0 Å². The van der Waals surface area contributed by atoms with Gasteiger partial charge in [0.05, 0.1) is 0 Å². The number of benzene rings is 2. The Morgan fingerprint density at radius 1 is 1.19 bits per heavy atom. The molecular formula is C22H26O4. The maximum atomic E-state index is 10.8. The summed E-state index contributed by atoms with van der Waals surface area (Å²) in [7, 11) is 0. The highest BCUT2D eigenvalue weighted by Gasteiger charge is 2.22. The number of aromatic hydroxyl groups is 1. The normalized spacial score (nSPS) is 13.1. The molecule has 4 heteroatoms. The van der Waals surface area contributed by atoms with Gasteiger partial charge in [-0.2, -0.15) is 0 Å². The van der Waals surface area contributed by atoms with Gasteiger partial charge in [-0.25, -0.2) is 4.79 Å². The summed E-state index contributed by atoms with van der Waals surface area (Å²) in [6.45, 7) is 5.92. The summed E-state index contributed by atoms with van der Waals surface area (Å²) in [5, 5.41) is 18.9. The summed E-state index contributed by atoms with van der Waals surface area (Å²) >= 11 is 0. The van der Waals surface area contributed by atoms with Crippen molar-refractivity contribution in [1.82, 2.24) is 0 Å². The van der Waals surface area contributed by atoms with Crippen LogP contribution in [0.15, 0.2) is 24.3 Å². The molecule has 0 heterocycles. The fourth-order valence-corrected chi connectivity index (χ4v) is 3.85. The third-order valence-electron chi connectivity index (χ3n) is 5.15. The first-order valence-electron chi connectivity index (χ1n) is 9.17. The minimum Gasteiger partial charge on any atom is -0.508 e. The first kappa shape index (κ1) is 18.3. The highest BCUT2D eigenvalue weighted by molar-refractivity contribution is 5.68. The van der Waals surface area contributed by atoms with Crippen LogP contribution in [0, 0.1) is 6.92 Å². The number of hydrogen-bond acceptors (Lipinski definition) is 3. The fraction of sp³-hybridized carbons (Fsp3) is 0.409. The number of carboxylic acid groups (broad SMARTS) is 1. The molecule has 0 atom stereocenters. The molecule has 4 nitrogen and oxygen atoms in total. The third kappa shape index (κ3) is 3.69. The van der Waals surface area contributed by atoms with E-state index in [-0.39, 0.29) is 12.5 Å². The fourth-order valence-electron chi connectivity index (χ4n) is 3.85. The molecule has 2 aromatic carbocycles. The van der Waals surface area contributed by atoms with Crippen LogP contribution in [0.4, 0.5) is 0 Å². The summed E-state index contributed by atoms with van der Waals surface area (Å²) in [5.74, 6) is 0.384. The van der Waals surface area contributed by atoms with Gasteiger partial charge in [-0.15, -0.1) is 0 Å². The van der Waals surface area contributed by atoms with Gasteiger partial charge >= 0.3 is 5.97 Å². The summed E-state index contributed by atoms with van der Waals surface area (Å²) in [6, 6.07) is 7.84. The monoisotopic (exact) mass is 354 g/mol. The lowest BCUT2D eigenvalue weighted by Gasteiger charge is -2.18. The predicted octanol–water partition coefficient (Wildman–Crippen LogP) is 4.37. The van der Waals surface area contributed by atoms with E-state index in [1.165, 1.54) is 16.7 Å². The van der Waals surface area contributed by atoms with Crippen LogP contribution in [-0.4, -0.2) is 22.8 Å². The topological polar surface area (TPSA) is 66.8 Å². The lowest BCUT2D eigenvalue weighted by molar-refractivity contribution is -0.139. The molecule has 0 radical (unpaired) electrons. The van der Waals surface area contributed by atoms with Crippen molar-refractivity contribution in [2.75, 3.05) is 6.61 Å². The molecule has 0 spiro atoms. The highest BCUT2D eigenvalue weighted by Crippen LogP contribution is 2.37. The highest BCUT2D eigenvalue weighted by atomic mass is 16.5. The van der Waals surface area contributed by atoms with Gasteiger partial charge < -0.3 is 14.9 Å². The SMILES string of the molecule is Cc1cc(OCC(=O)O)c2c(c1Cc1ccc(O)c(C(C)C)c1)CCC2. The minimum atomic E-state index is -0.955. The Bertz CT molecular complexity index is 837. The second-order valence-corrected chi connectivity index (χ2v) is 7.39. The number of ether oxygens (including phenoxy) is 1. The Morgan fingerprint density at radius 3 is 2.62 bits per heavy atom. The second kappa shape index (κ2) is 7.40. The van der Waals surface area contributed by atoms with E-state index in [2.05, 4.69) is 26.8 Å². The van der Waals surface area contributed by atoms with Crippen LogP contribution in [0.2, 0.25) is 0 Å². The zero-order valence-corrected chi connectivity index (χ0v) is 15.6. The maximum Gasteiger partial charge on any atom is 0.341 e. The summed E-state index contributed by atoms with van der Waals surface area (Å²) in [6.07, 6.45) is 3.82. The van der Waals surface area contributed by atoms with E-state index in [4.69, 9.17) is 9.84 Å². The largest absolute Gasteiger partial charge is 0.508 e. The number of aliphatic carboxylic acids is 1. The van der Waals surface area contributed by atoms with E-state index in [0.717, 1.165) is 48.1 Å². The Kier molecular flexibility index (Phi) is 5.21. The van der Waals surface area contributed by atoms with Crippen LogP contribution in [0.5, 0.6) is 11.5 Å². The van der Waals surface area contributed by atoms with Gasteiger partial charge in [0.15, 0.2) is 6.61 Å². The molecule has 0 amide bonds. The van der Waals surface area contributed by atoms with Crippen LogP contribution < -0.4 is 4.74 Å². The summed E-state index contributed by atoms with van der Waals surface area (Å²) in [4.78, 5) is 10.8. The number of carbonyl (C=O) groups is 1. The standard InChI is InChI=1S/C22H26O4/c1-13(2)18-10-15(7-8-20(18)23)11-19-14(3)9-21(26-12-22(24)25)17-6-4-5-16(17)19/h7-10,13,23H,4-6,11-12H2,1-3H3,(H,24,25). The molecule has 0 fully saturated rings. The molecule has 26 heavy (non-hydrogen) atoms. The molecular weight excluding hydrogens is 328 g/mol. The van der Waals surface area contributed by atoms with Gasteiger partial charge in [-0.3, -0.25) is 0 Å². The lowest BCUT2D eigenvalue weighted by Crippen LogP contribution is -2.11. The second-order valence-electron chi connectivity index (χ2n) is 7.39. The van der Waals surface area contributed by atoms with E-state index in [1.807, 2.05) is 12.1 Å². The Balaban J connectivity index is 1.95. The molecule has 0 bridgehead atoms. The van der Waals surface area contributed by atoms with Crippen LogP contribution >= 0.6 is 0 Å². The first-order chi connectivity index (χ1) is 12.4. The molecule has 1 aliphatic rings. The molecule has 0 saturated heterocycles. The van der Waals surface area contributed by atoms with Crippen LogP contribution in [0.1, 0.15) is 59.6 Å². The van der Waals surface area contributed by atoms with Gasteiger partial charge in [0.25, 0.3) is 0 Å². The smallest absolute Gasteiger partial charge is 0.341 e. The van der Waals surface area contributed by atoms with E-state index < -0.39 is 5.97 Å². The summed E-state index contributed by atoms with van der Waals surface area (Å²) in [5.41, 5.74) is 7.06. The van der Waals surface area contributed by atoms with Crippen molar-refractivity contribution in [2.45, 2.75) is 52.4 Å². The van der Waals surface area contributed by atoms with Gasteiger partial charge in [0.1, 0.15) is 11.5 Å². The number of rotatable bonds is 6. The summed E-state index contributed by atoms with van der Waals surface area (Å²) < 4.78 is 5.53. The van der Waals surface area contributed by atoms with Crippen LogP contribution in [-0.2, 0) is 24.1 Å². The van der Waals surface area contributed by atoms with E-state index >= 15 is 0 Å². The van der Waals surface area contributed by atoms with Gasteiger partial charge in [-0.1, -0.05) is 26.0 Å². The van der Waals surface area contributed by atoms with Crippen molar-refractivity contribution >= 4 is 5.97 Å². The molecule has 138 valence electrons. The first-order valence-corrected chi connectivity index (χ1v) is 9.17. The molecule has 2 aromatic rings. The van der Waals surface area contributed by atoms with Crippen molar-refractivity contribution in [3.8, 4) is 11.5 Å². The molecule has 0 aliphatic heterocycles. The third-order valence-corrected chi connectivity index (χ3v) is 5.15. The van der Waals surface area contributed by atoms with E-state index in [1.54, 1.807) is 6.07 Å². The number of phenols is 1. The lowest BCUT2D eigenvalue weighted by atomic mass is 9.90. The number of fused-ring (bicyclic) bond motifs is 1. The number of hydrogen-bond donors (Lipinski definition) is 2. The van der Waals surface area contributed by atoms with Crippen molar-refractivity contribution < 1.29 is 19.7 Å². The predicted molar refractivity (Wildman–Crippen MR) is 101 cm³/mol. The quantitative estimate of drug-likeness (QED) is 0.808. The Labute approximate surface area is 154 Å². The molecule has 3 rings (SSSR count). The zero-order valence-electron chi connectivity index (χ0n) is 15.6. The molecule has 0 aromatic heterocycles. The van der Waals surface area contributed by atoms with E-state index in [0.29, 0.717) is 5.75 Å². The van der Waals surface area contributed by atoms with Gasteiger partial charge in [0, 0.05) is 0 Å². The van der Waals surface area contributed by atoms with Crippen LogP contribution in [0.3, 0.4) is 0 Å². The number of aryl methyl sites for hydroxylation is 1. The van der Waals surface area contributed by atoms with Crippen molar-refractivity contribution in [3.05, 3.63) is 57.6 Å². The minimum absolute atomic E-state index is 0.272. The Morgan fingerprint density at radius 2 is 1.92 bits per heavy atom. The van der Waals surface area contributed by atoms with Crippen molar-refractivity contribution in [1.29, 1.82) is 0 Å². The average molecular weight is 354 g/mol. The average Bonchev–Trinajstić information content (AvgIpc) is 3.06. The molecule has 2 N–H and O–H groups in total. The van der Waals surface area contributed by atoms with Crippen LogP contribution in [0.25, 0.3) is 0 Å². The molecule has 0 unspecified atom stereocenters. The van der Waals surface area contributed by atoms with Gasteiger partial charge in [-0.05, 0) is 84.0 Å². The zero-order chi connectivity index (χ0) is 18.8. The van der Waals surface area contributed by atoms with Crippen molar-refractivity contribution in [3.63, 3.8) is 0 Å². The molecule has 1 aliphatic carbocycles. The van der Waals surface area contributed by atoms with Gasteiger partial charge in [0.2, 0.25) is 0 Å². The van der Waals surface area contributed by atoms with E-state index in [9.17, 15) is 9.90 Å². The number of carboxylic acids is 1. The Hall–Kier alpha value is -2.49. The maximum absolute atomic E-state index is 10.8. The molecule has 0 saturated carbocycles. The number of phenolic OH excluding ortho intramolecular Hbond substituents is 1.